The maximum atomic E-state index is 12.3. The topological polar surface area (TPSA) is 26.3 Å². The molecule has 2 aromatic rings. The van der Waals surface area contributed by atoms with Crippen LogP contribution in [0.3, 0.4) is 0 Å². The smallest absolute Gasteiger partial charge is 0.202 e. The Labute approximate surface area is 142 Å². The summed E-state index contributed by atoms with van der Waals surface area (Å²) in [5, 5.41) is 1.06. The fourth-order valence-corrected chi connectivity index (χ4v) is 3.06. The van der Waals surface area contributed by atoms with Crippen molar-refractivity contribution in [3.05, 3.63) is 62.0 Å². The number of halogens is 3. The lowest BCUT2D eigenvalue weighted by atomic mass is 10.1. The van der Waals surface area contributed by atoms with E-state index in [-0.39, 0.29) is 5.78 Å². The zero-order valence-electron chi connectivity index (χ0n) is 11.5. The van der Waals surface area contributed by atoms with Gasteiger partial charge in [0.25, 0.3) is 0 Å². The fraction of sp³-hybridized carbons (Fsp3) is 0.188. The van der Waals surface area contributed by atoms with Gasteiger partial charge in [0.2, 0.25) is 5.78 Å². The summed E-state index contributed by atoms with van der Waals surface area (Å²) in [7, 11) is 0. The molecule has 0 bridgehead atoms. The van der Waals surface area contributed by atoms with Crippen molar-refractivity contribution in [1.29, 1.82) is 0 Å². The van der Waals surface area contributed by atoms with Crippen LogP contribution in [0.5, 0.6) is 5.75 Å². The van der Waals surface area contributed by atoms with E-state index in [0.29, 0.717) is 21.4 Å². The number of ketones is 1. The zero-order valence-corrected chi connectivity index (χ0v) is 14.6. The summed E-state index contributed by atoms with van der Waals surface area (Å²) in [6, 6.07) is 10.4. The van der Waals surface area contributed by atoms with Gasteiger partial charge >= 0.3 is 0 Å². The summed E-state index contributed by atoms with van der Waals surface area (Å²) in [5.74, 6) is 0.403. The van der Waals surface area contributed by atoms with Crippen LogP contribution in [0.2, 0.25) is 10.0 Å². The molecule has 0 aliphatic heterocycles. The largest absolute Gasteiger partial charge is 0.481 e. The van der Waals surface area contributed by atoms with Gasteiger partial charge in [-0.25, -0.2) is 0 Å². The number of aryl methyl sites for hydroxylation is 1. The molecule has 0 N–H and O–H groups in total. The van der Waals surface area contributed by atoms with E-state index in [1.54, 1.807) is 37.3 Å². The molecule has 0 aliphatic rings. The number of benzene rings is 2. The van der Waals surface area contributed by atoms with E-state index < -0.39 is 6.10 Å². The van der Waals surface area contributed by atoms with E-state index in [2.05, 4.69) is 15.9 Å². The lowest BCUT2D eigenvalue weighted by Crippen LogP contribution is -2.24. The van der Waals surface area contributed by atoms with Crippen LogP contribution < -0.4 is 4.74 Å². The molecule has 110 valence electrons. The molecule has 2 rings (SSSR count). The maximum absolute atomic E-state index is 12.3. The van der Waals surface area contributed by atoms with Gasteiger partial charge in [-0.15, -0.1) is 0 Å². The van der Waals surface area contributed by atoms with Crippen molar-refractivity contribution in [2.75, 3.05) is 0 Å². The van der Waals surface area contributed by atoms with E-state index in [9.17, 15) is 4.79 Å². The maximum Gasteiger partial charge on any atom is 0.202 e. The third kappa shape index (κ3) is 4.00. The Kier molecular flexibility index (Phi) is 5.31. The van der Waals surface area contributed by atoms with Crippen LogP contribution >= 0.6 is 39.1 Å². The van der Waals surface area contributed by atoms with Crippen molar-refractivity contribution in [3.8, 4) is 5.75 Å². The standard InChI is InChI=1S/C16H13BrCl2O2/c1-9-7-12(17)8-14(19)16(9)21-10(2)15(20)11-3-5-13(18)6-4-11/h3-8,10H,1-2H3. The van der Waals surface area contributed by atoms with Gasteiger partial charge in [0.05, 0.1) is 5.02 Å². The second-order valence-corrected chi connectivity index (χ2v) is 6.42. The number of hydrogen-bond acceptors (Lipinski definition) is 2. The first-order valence-corrected chi connectivity index (χ1v) is 7.85. The van der Waals surface area contributed by atoms with E-state index in [4.69, 9.17) is 27.9 Å². The molecule has 21 heavy (non-hydrogen) atoms. The second-order valence-electron chi connectivity index (χ2n) is 4.66. The highest BCUT2D eigenvalue weighted by atomic mass is 79.9. The van der Waals surface area contributed by atoms with Crippen molar-refractivity contribution >= 4 is 44.9 Å². The van der Waals surface area contributed by atoms with Gasteiger partial charge in [-0.3, -0.25) is 4.79 Å². The molecular formula is C16H13BrCl2O2. The Morgan fingerprint density at radius 1 is 1.19 bits per heavy atom. The van der Waals surface area contributed by atoms with Crippen LogP contribution in [0.4, 0.5) is 0 Å². The summed E-state index contributed by atoms with van der Waals surface area (Å²) in [6.45, 7) is 3.58. The van der Waals surface area contributed by atoms with Gasteiger partial charge in [0.1, 0.15) is 5.75 Å². The molecule has 0 radical (unpaired) electrons. The van der Waals surface area contributed by atoms with Crippen LogP contribution in [-0.4, -0.2) is 11.9 Å². The molecule has 0 spiro atoms. The number of carbonyl (C=O) groups is 1. The van der Waals surface area contributed by atoms with Gasteiger partial charge in [-0.1, -0.05) is 39.1 Å². The first kappa shape index (κ1) is 16.3. The Balaban J connectivity index is 2.20. The summed E-state index contributed by atoms with van der Waals surface area (Å²) < 4.78 is 6.61. The molecule has 0 fully saturated rings. The summed E-state index contributed by atoms with van der Waals surface area (Å²) in [6.07, 6.45) is -0.636. The first-order valence-electron chi connectivity index (χ1n) is 6.30. The summed E-state index contributed by atoms with van der Waals surface area (Å²) >= 11 is 15.4. The third-order valence-corrected chi connectivity index (χ3v) is 3.98. The van der Waals surface area contributed by atoms with Gasteiger partial charge in [-0.2, -0.15) is 0 Å². The van der Waals surface area contributed by atoms with Gasteiger partial charge < -0.3 is 4.74 Å². The minimum absolute atomic E-state index is 0.120. The molecule has 0 amide bonds. The molecule has 0 saturated carbocycles. The molecule has 2 aromatic carbocycles. The molecule has 0 aromatic heterocycles. The average molecular weight is 388 g/mol. The number of hydrogen-bond donors (Lipinski definition) is 0. The van der Waals surface area contributed by atoms with Crippen LogP contribution in [0.1, 0.15) is 22.8 Å². The Morgan fingerprint density at radius 2 is 1.81 bits per heavy atom. The first-order chi connectivity index (χ1) is 9.88. The number of carbonyl (C=O) groups excluding carboxylic acids is 1. The predicted molar refractivity (Wildman–Crippen MR) is 89.8 cm³/mol. The lowest BCUT2D eigenvalue weighted by Gasteiger charge is -2.17. The minimum atomic E-state index is -0.636. The highest BCUT2D eigenvalue weighted by Crippen LogP contribution is 2.33. The molecule has 0 saturated heterocycles. The molecule has 0 heterocycles. The van der Waals surface area contributed by atoms with Crippen LogP contribution in [0.25, 0.3) is 0 Å². The predicted octanol–water partition coefficient (Wildman–Crippen LogP) is 5.71. The van der Waals surface area contributed by atoms with E-state index in [1.165, 1.54) is 0 Å². The summed E-state index contributed by atoms with van der Waals surface area (Å²) in [4.78, 5) is 12.3. The van der Waals surface area contributed by atoms with Crippen molar-refractivity contribution in [2.45, 2.75) is 20.0 Å². The average Bonchev–Trinajstić information content (AvgIpc) is 2.42. The van der Waals surface area contributed by atoms with Crippen molar-refractivity contribution in [2.24, 2.45) is 0 Å². The fourth-order valence-electron chi connectivity index (χ4n) is 1.92. The van der Waals surface area contributed by atoms with Crippen LogP contribution in [-0.2, 0) is 0 Å². The van der Waals surface area contributed by atoms with E-state index in [0.717, 1.165) is 10.0 Å². The van der Waals surface area contributed by atoms with Crippen LogP contribution in [0.15, 0.2) is 40.9 Å². The van der Waals surface area contributed by atoms with Gasteiger partial charge in [0, 0.05) is 15.1 Å². The van der Waals surface area contributed by atoms with E-state index >= 15 is 0 Å². The molecule has 1 atom stereocenters. The Morgan fingerprint density at radius 3 is 2.38 bits per heavy atom. The van der Waals surface area contributed by atoms with Crippen LogP contribution in [0, 0.1) is 6.92 Å². The highest BCUT2D eigenvalue weighted by Gasteiger charge is 2.19. The molecule has 5 heteroatoms. The number of ether oxygens (including phenoxy) is 1. The van der Waals surface area contributed by atoms with Gasteiger partial charge in [-0.05, 0) is 55.8 Å². The third-order valence-electron chi connectivity index (χ3n) is 2.99. The minimum Gasteiger partial charge on any atom is -0.481 e. The Bertz CT molecular complexity index is 645. The van der Waals surface area contributed by atoms with Crippen molar-refractivity contribution in [3.63, 3.8) is 0 Å². The quantitative estimate of drug-likeness (QED) is 0.627. The zero-order chi connectivity index (χ0) is 15.6. The molecular weight excluding hydrogens is 375 g/mol. The highest BCUT2D eigenvalue weighted by molar-refractivity contribution is 9.10. The second kappa shape index (κ2) is 6.82. The van der Waals surface area contributed by atoms with Gasteiger partial charge in [0.15, 0.2) is 6.10 Å². The lowest BCUT2D eigenvalue weighted by molar-refractivity contribution is 0.0817. The van der Waals surface area contributed by atoms with Crippen molar-refractivity contribution < 1.29 is 9.53 Å². The number of rotatable bonds is 4. The van der Waals surface area contributed by atoms with Crippen molar-refractivity contribution in [1.82, 2.24) is 0 Å². The van der Waals surface area contributed by atoms with E-state index in [1.807, 2.05) is 13.0 Å². The summed E-state index contributed by atoms with van der Waals surface area (Å²) in [5.41, 5.74) is 1.42. The SMILES string of the molecule is Cc1cc(Br)cc(Cl)c1OC(C)C(=O)c1ccc(Cl)cc1. The normalized spacial score (nSPS) is 12.0. The molecule has 2 nitrogen and oxygen atoms in total. The monoisotopic (exact) mass is 386 g/mol. The molecule has 0 aliphatic carbocycles. The Hall–Kier alpha value is -1.03. The molecule has 1 unspecified atom stereocenters. The number of Topliss-reactive ketones (excluding diaryl/α,β-unsaturated/α-hetero) is 1.